The summed E-state index contributed by atoms with van der Waals surface area (Å²) >= 11 is 0. The van der Waals surface area contributed by atoms with Crippen LogP contribution in [0.15, 0.2) is 123 Å². The fourth-order valence-corrected chi connectivity index (χ4v) is 4.35. The van der Waals surface area contributed by atoms with Crippen LogP contribution in [0.3, 0.4) is 0 Å². The second-order valence-corrected chi connectivity index (χ2v) is 14.9. The zero-order valence-electron chi connectivity index (χ0n) is 52.3. The Morgan fingerprint density at radius 1 is 0.400 bits per heavy atom. The van der Waals surface area contributed by atoms with Crippen molar-refractivity contribution in [1.82, 2.24) is 0 Å². The molecule has 4 aromatic rings. The van der Waals surface area contributed by atoms with Crippen molar-refractivity contribution in [3.63, 3.8) is 0 Å². The molecule has 2 unspecified atom stereocenters. The van der Waals surface area contributed by atoms with Gasteiger partial charge in [0.2, 0.25) is 0 Å². The highest BCUT2D eigenvalue weighted by molar-refractivity contribution is 5.29. The number of rotatable bonds is 21. The molecule has 2 N–H and O–H groups in total. The van der Waals surface area contributed by atoms with Crippen molar-refractivity contribution >= 4 is 0 Å². The van der Waals surface area contributed by atoms with Gasteiger partial charge in [-0.2, -0.15) is 0 Å². The van der Waals surface area contributed by atoms with Gasteiger partial charge in [0.1, 0.15) is 29.6 Å². The first-order chi connectivity index (χ1) is 36.2. The van der Waals surface area contributed by atoms with Gasteiger partial charge in [0, 0.05) is 13.0 Å². The van der Waals surface area contributed by atoms with Crippen LogP contribution in [0.25, 0.3) is 0 Å². The lowest BCUT2D eigenvalue weighted by atomic mass is 10.2. The predicted octanol–water partition coefficient (Wildman–Crippen LogP) is 19.4. The van der Waals surface area contributed by atoms with Gasteiger partial charge in [-0.15, -0.1) is 0 Å². The van der Waals surface area contributed by atoms with E-state index in [9.17, 15) is 0 Å². The summed E-state index contributed by atoms with van der Waals surface area (Å²) in [7, 11) is 0. The summed E-state index contributed by atoms with van der Waals surface area (Å²) in [5.74, 6) is 2.29. The Kier molecular flexibility index (Phi) is 90.0. The van der Waals surface area contributed by atoms with Crippen molar-refractivity contribution in [2.24, 2.45) is 0 Å². The van der Waals surface area contributed by atoms with Crippen LogP contribution >= 0.6 is 0 Å². The van der Waals surface area contributed by atoms with Gasteiger partial charge in [-0.3, -0.25) is 0 Å². The topological polar surface area (TPSA) is 114 Å². The van der Waals surface area contributed by atoms with Gasteiger partial charge in [0.25, 0.3) is 0 Å². The maximum atomic E-state index is 8.81. The molecule has 0 amide bonds. The van der Waals surface area contributed by atoms with Gasteiger partial charge >= 0.3 is 0 Å². The predicted molar refractivity (Wildman–Crippen MR) is 328 cm³/mol. The number of phenols is 2. The number of hydrogen-bond donors (Lipinski definition) is 2. The van der Waals surface area contributed by atoms with Crippen molar-refractivity contribution in [2.75, 3.05) is 52.9 Å². The molecule has 0 heterocycles. The lowest BCUT2D eigenvalue weighted by Crippen LogP contribution is -2.21. The molecule has 0 bridgehead atoms. The Morgan fingerprint density at radius 3 is 0.960 bits per heavy atom. The first-order valence-electron chi connectivity index (χ1n) is 28.0. The summed E-state index contributed by atoms with van der Waals surface area (Å²) < 4.78 is 43.0. The molecule has 75 heavy (non-hydrogen) atoms. The van der Waals surface area contributed by atoms with Gasteiger partial charge in [-0.25, -0.2) is 0 Å². The maximum absolute atomic E-state index is 8.81. The average Bonchev–Trinajstić information content (AvgIpc) is 3.38. The van der Waals surface area contributed by atoms with E-state index in [-0.39, 0.29) is 12.6 Å². The highest BCUT2D eigenvalue weighted by Gasteiger charge is 2.06. The van der Waals surface area contributed by atoms with Crippen molar-refractivity contribution in [2.45, 2.75) is 197 Å². The third-order valence-corrected chi connectivity index (χ3v) is 6.88. The van der Waals surface area contributed by atoms with E-state index in [2.05, 4.69) is 68.5 Å². The molecule has 0 fully saturated rings. The van der Waals surface area contributed by atoms with Crippen LogP contribution in [-0.4, -0.2) is 75.6 Å². The molecule has 0 aliphatic heterocycles. The number of ether oxygens (including phenoxy) is 8. The Bertz CT molecular complexity index is 1470. The molecule has 0 aliphatic rings. The van der Waals surface area contributed by atoms with Crippen LogP contribution in [0.5, 0.6) is 23.0 Å². The number of aromatic hydroxyl groups is 2. The standard InChI is InChI=1S/C22H30O5.C9H16O3.2C7H8O.4C3H8.4C2H6/c1-17-7-5-9-21(15-17)26-19(3)24-13-11-23-12-14-25-20(4)27-22-10-6-8-18(2)16-22;1-3-10-6-5-7-12-9-8-11-4-2;2*1-6-3-2-4-7(8)5-6;4*1-3-2;4*1-2/h5-10,15-16,19-20H,11-14H2,1-4H3;3-4H,1-2,5-9H2;2*2-5,8H,1H3;4*3H2,1-2H3;4*1-2H3. The second-order valence-electron chi connectivity index (χ2n) is 14.9. The van der Waals surface area contributed by atoms with Gasteiger partial charge in [0.15, 0.2) is 12.6 Å². The first-order valence-corrected chi connectivity index (χ1v) is 28.0. The summed E-state index contributed by atoms with van der Waals surface area (Å²) in [4.78, 5) is 0. The van der Waals surface area contributed by atoms with Crippen molar-refractivity contribution in [1.29, 1.82) is 0 Å². The van der Waals surface area contributed by atoms with E-state index in [0.29, 0.717) is 64.4 Å². The zero-order valence-corrected chi connectivity index (χ0v) is 52.3. The van der Waals surface area contributed by atoms with E-state index < -0.39 is 0 Å². The molecule has 4 rings (SSSR count). The van der Waals surface area contributed by atoms with Crippen LogP contribution in [0.1, 0.15) is 179 Å². The quantitative estimate of drug-likeness (QED) is 0.0475. The molecule has 2 atom stereocenters. The molecule has 10 nitrogen and oxygen atoms in total. The molecule has 0 aliphatic carbocycles. The largest absolute Gasteiger partial charge is 0.508 e. The molecule has 0 aromatic heterocycles. The molecule has 0 radical (unpaired) electrons. The monoisotopic (exact) mass is 1060 g/mol. The maximum Gasteiger partial charge on any atom is 0.197 e. The van der Waals surface area contributed by atoms with Gasteiger partial charge in [-0.05, 0) is 112 Å². The van der Waals surface area contributed by atoms with E-state index in [1.54, 1.807) is 24.3 Å². The van der Waals surface area contributed by atoms with E-state index in [4.69, 9.17) is 48.1 Å². The Hall–Kier alpha value is -5.00. The fraction of sp³-hybridized carbons (Fsp3) is 0.569. The molecule has 10 heteroatoms. The average molecular weight is 1060 g/mol. The van der Waals surface area contributed by atoms with E-state index in [1.807, 2.05) is 170 Å². The minimum absolute atomic E-state index is 0.325. The second kappa shape index (κ2) is 77.9. The zero-order chi connectivity index (χ0) is 59.4. The number of phenolic OH excluding ortho intramolecular Hbond substituents is 2. The summed E-state index contributed by atoms with van der Waals surface area (Å²) in [6.45, 7) is 55.9. The Morgan fingerprint density at radius 2 is 0.680 bits per heavy atom. The summed E-state index contributed by atoms with van der Waals surface area (Å²) in [5.41, 5.74) is 4.49. The van der Waals surface area contributed by atoms with E-state index in [1.165, 1.54) is 38.2 Å². The lowest BCUT2D eigenvalue weighted by molar-refractivity contribution is -0.102. The molecule has 4 aromatic carbocycles. The Labute approximate surface area is 464 Å². The minimum atomic E-state index is -0.325. The number of hydrogen-bond acceptors (Lipinski definition) is 10. The van der Waals surface area contributed by atoms with Gasteiger partial charge < -0.3 is 48.1 Å². The fourth-order valence-electron chi connectivity index (χ4n) is 4.35. The van der Waals surface area contributed by atoms with E-state index in [0.717, 1.165) is 40.2 Å². The molecular formula is C65H118O10. The normalized spacial score (nSPS) is 9.41. The molecule has 438 valence electrons. The van der Waals surface area contributed by atoms with Crippen molar-refractivity contribution < 1.29 is 48.1 Å². The van der Waals surface area contributed by atoms with Crippen LogP contribution in [-0.2, 0) is 28.4 Å². The first kappa shape index (κ1) is 86.7. The van der Waals surface area contributed by atoms with Crippen molar-refractivity contribution in [3.05, 3.63) is 145 Å². The van der Waals surface area contributed by atoms with Gasteiger partial charge in [0.05, 0.1) is 52.2 Å². The number of benzene rings is 4. The summed E-state index contributed by atoms with van der Waals surface area (Å²) in [6, 6.07) is 30.1. The SMILES string of the molecule is C=COCCCOCCOC=C.CC.CC.CC.CC.CCC.CCC.CCC.CCC.Cc1cccc(O)c1.Cc1cccc(O)c1.Cc1cccc(OC(C)OCCOCCOC(C)Oc2cccc(C)c2)c1. The summed E-state index contributed by atoms with van der Waals surface area (Å²) in [5, 5.41) is 17.6. The van der Waals surface area contributed by atoms with Crippen LogP contribution in [0.4, 0.5) is 0 Å². The lowest BCUT2D eigenvalue weighted by Gasteiger charge is -2.17. The van der Waals surface area contributed by atoms with Gasteiger partial charge in [-0.1, -0.05) is 198 Å². The summed E-state index contributed by atoms with van der Waals surface area (Å²) in [6.07, 6.45) is 8.06. The third kappa shape index (κ3) is 80.6. The Balaban J connectivity index is -0.000000130. The minimum Gasteiger partial charge on any atom is -0.508 e. The molecule has 0 saturated heterocycles. The van der Waals surface area contributed by atoms with Crippen molar-refractivity contribution in [3.8, 4) is 23.0 Å². The molecule has 0 spiro atoms. The molecular weight excluding hydrogens is 941 g/mol. The van der Waals surface area contributed by atoms with E-state index >= 15 is 0 Å². The van der Waals surface area contributed by atoms with Crippen LogP contribution < -0.4 is 9.47 Å². The third-order valence-electron chi connectivity index (χ3n) is 6.88. The highest BCUT2D eigenvalue weighted by atomic mass is 16.7. The number of aryl methyl sites for hydroxylation is 4. The smallest absolute Gasteiger partial charge is 0.197 e. The highest BCUT2D eigenvalue weighted by Crippen LogP contribution is 2.16. The van der Waals surface area contributed by atoms with Crippen LogP contribution in [0.2, 0.25) is 0 Å². The molecule has 0 saturated carbocycles. The van der Waals surface area contributed by atoms with Crippen LogP contribution in [0, 0.1) is 27.7 Å².